The Hall–Kier alpha value is -0.770. The van der Waals surface area contributed by atoms with E-state index in [4.69, 9.17) is 10.8 Å². The van der Waals surface area contributed by atoms with Gasteiger partial charge in [-0.25, -0.2) is 4.79 Å². The Balaban J connectivity index is 4.35. The van der Waals surface area contributed by atoms with Gasteiger partial charge in [0.2, 0.25) is 0 Å². The SMILES string of the molecule is C[C@@H](N)CN(C(=O)O)C(C)(C)C. The molecule has 4 nitrogen and oxygen atoms in total. The summed E-state index contributed by atoms with van der Waals surface area (Å²) in [5.74, 6) is 0. The molecule has 72 valence electrons. The van der Waals surface area contributed by atoms with Gasteiger partial charge in [0.1, 0.15) is 0 Å². The monoisotopic (exact) mass is 174 g/mol. The Kier molecular flexibility index (Phi) is 3.52. The van der Waals surface area contributed by atoms with Crippen LogP contribution >= 0.6 is 0 Å². The van der Waals surface area contributed by atoms with Crippen LogP contribution in [0.5, 0.6) is 0 Å². The minimum absolute atomic E-state index is 0.125. The first-order valence-electron chi connectivity index (χ1n) is 4.01. The van der Waals surface area contributed by atoms with E-state index in [2.05, 4.69) is 0 Å². The molecule has 0 aromatic rings. The maximum atomic E-state index is 10.8. The van der Waals surface area contributed by atoms with Crippen LogP contribution in [-0.4, -0.2) is 34.2 Å². The first-order valence-corrected chi connectivity index (χ1v) is 4.01. The van der Waals surface area contributed by atoms with E-state index < -0.39 is 6.09 Å². The van der Waals surface area contributed by atoms with Crippen molar-refractivity contribution in [3.05, 3.63) is 0 Å². The van der Waals surface area contributed by atoms with Crippen molar-refractivity contribution in [1.82, 2.24) is 4.90 Å². The molecule has 0 aliphatic rings. The number of hydrogen-bond acceptors (Lipinski definition) is 2. The molecule has 1 amide bonds. The average molecular weight is 174 g/mol. The summed E-state index contributed by atoms with van der Waals surface area (Å²) < 4.78 is 0. The third kappa shape index (κ3) is 3.57. The van der Waals surface area contributed by atoms with Gasteiger partial charge in [0.05, 0.1) is 0 Å². The summed E-state index contributed by atoms with van der Waals surface area (Å²) in [7, 11) is 0. The maximum Gasteiger partial charge on any atom is 0.407 e. The highest BCUT2D eigenvalue weighted by Gasteiger charge is 2.26. The fourth-order valence-corrected chi connectivity index (χ4v) is 0.927. The number of rotatable bonds is 2. The molecule has 0 aromatic carbocycles. The zero-order valence-electron chi connectivity index (χ0n) is 8.16. The number of carboxylic acid groups (broad SMARTS) is 1. The summed E-state index contributed by atoms with van der Waals surface area (Å²) in [4.78, 5) is 12.1. The second kappa shape index (κ2) is 3.76. The van der Waals surface area contributed by atoms with Crippen molar-refractivity contribution >= 4 is 6.09 Å². The molecule has 0 unspecified atom stereocenters. The minimum atomic E-state index is -0.917. The molecule has 4 heteroatoms. The third-order valence-electron chi connectivity index (χ3n) is 1.51. The number of nitrogens with two attached hydrogens (primary N) is 1. The summed E-state index contributed by atoms with van der Waals surface area (Å²) in [5, 5.41) is 8.83. The van der Waals surface area contributed by atoms with Gasteiger partial charge < -0.3 is 15.7 Å². The van der Waals surface area contributed by atoms with E-state index in [1.54, 1.807) is 6.92 Å². The molecule has 1 atom stereocenters. The van der Waals surface area contributed by atoms with Gasteiger partial charge in [-0.1, -0.05) is 0 Å². The Morgan fingerprint density at radius 1 is 1.58 bits per heavy atom. The Labute approximate surface area is 73.3 Å². The summed E-state index contributed by atoms with van der Waals surface area (Å²) in [5.41, 5.74) is 5.15. The average Bonchev–Trinajstić information content (AvgIpc) is 1.79. The van der Waals surface area contributed by atoms with Crippen LogP contribution in [0.1, 0.15) is 27.7 Å². The van der Waals surface area contributed by atoms with Crippen molar-refractivity contribution in [3.63, 3.8) is 0 Å². The van der Waals surface area contributed by atoms with Gasteiger partial charge in [-0.3, -0.25) is 0 Å². The molecule has 0 fully saturated rings. The normalized spacial score (nSPS) is 14.1. The van der Waals surface area contributed by atoms with E-state index in [9.17, 15) is 4.79 Å². The predicted octanol–water partition coefficient (Wildman–Crippen LogP) is 1.11. The van der Waals surface area contributed by atoms with Crippen LogP contribution in [0.25, 0.3) is 0 Å². The van der Waals surface area contributed by atoms with Gasteiger partial charge in [0, 0.05) is 18.1 Å². The Morgan fingerprint density at radius 3 is 2.08 bits per heavy atom. The minimum Gasteiger partial charge on any atom is -0.465 e. The second-order valence-corrected chi connectivity index (χ2v) is 4.04. The lowest BCUT2D eigenvalue weighted by Crippen LogP contribution is -2.49. The Bertz CT molecular complexity index is 161. The van der Waals surface area contributed by atoms with E-state index in [0.29, 0.717) is 6.54 Å². The van der Waals surface area contributed by atoms with Crippen molar-refractivity contribution < 1.29 is 9.90 Å². The van der Waals surface area contributed by atoms with Crippen molar-refractivity contribution in [2.24, 2.45) is 5.73 Å². The zero-order chi connectivity index (χ0) is 9.94. The Morgan fingerprint density at radius 2 is 2.00 bits per heavy atom. The first kappa shape index (κ1) is 11.2. The molecular formula is C8H18N2O2. The zero-order valence-corrected chi connectivity index (χ0v) is 8.16. The van der Waals surface area contributed by atoms with Crippen LogP contribution < -0.4 is 5.73 Å². The topological polar surface area (TPSA) is 66.6 Å². The number of carbonyl (C=O) groups is 1. The molecule has 0 rings (SSSR count). The summed E-state index contributed by atoms with van der Waals surface area (Å²) in [6, 6.07) is -0.125. The largest absolute Gasteiger partial charge is 0.465 e. The molecule has 0 bridgehead atoms. The van der Waals surface area contributed by atoms with Gasteiger partial charge >= 0.3 is 6.09 Å². The van der Waals surface area contributed by atoms with Gasteiger partial charge in [0.15, 0.2) is 0 Å². The smallest absolute Gasteiger partial charge is 0.407 e. The van der Waals surface area contributed by atoms with Crippen molar-refractivity contribution in [2.75, 3.05) is 6.54 Å². The quantitative estimate of drug-likeness (QED) is 0.659. The molecule has 0 radical (unpaired) electrons. The highest BCUT2D eigenvalue weighted by atomic mass is 16.4. The van der Waals surface area contributed by atoms with Crippen LogP contribution in [0.15, 0.2) is 0 Å². The molecular weight excluding hydrogens is 156 g/mol. The van der Waals surface area contributed by atoms with E-state index in [0.717, 1.165) is 0 Å². The molecule has 0 heterocycles. The summed E-state index contributed by atoms with van der Waals surface area (Å²) in [6.07, 6.45) is -0.917. The highest BCUT2D eigenvalue weighted by molar-refractivity contribution is 5.66. The van der Waals surface area contributed by atoms with Gasteiger partial charge in [-0.2, -0.15) is 0 Å². The summed E-state index contributed by atoms with van der Waals surface area (Å²) >= 11 is 0. The fraction of sp³-hybridized carbons (Fsp3) is 0.875. The molecule has 12 heavy (non-hydrogen) atoms. The molecule has 3 N–H and O–H groups in total. The second-order valence-electron chi connectivity index (χ2n) is 4.04. The van der Waals surface area contributed by atoms with Crippen LogP contribution in [-0.2, 0) is 0 Å². The lowest BCUT2D eigenvalue weighted by molar-refractivity contribution is 0.0972. The van der Waals surface area contributed by atoms with Crippen molar-refractivity contribution in [3.8, 4) is 0 Å². The maximum absolute atomic E-state index is 10.8. The lowest BCUT2D eigenvalue weighted by atomic mass is 10.1. The lowest BCUT2D eigenvalue weighted by Gasteiger charge is -2.34. The number of amides is 1. The van der Waals surface area contributed by atoms with Gasteiger partial charge in [-0.05, 0) is 27.7 Å². The molecule has 0 aliphatic carbocycles. The van der Waals surface area contributed by atoms with E-state index in [1.807, 2.05) is 20.8 Å². The molecule has 0 spiro atoms. The van der Waals surface area contributed by atoms with Crippen molar-refractivity contribution in [2.45, 2.75) is 39.3 Å². The summed E-state index contributed by atoms with van der Waals surface area (Å²) in [6.45, 7) is 7.72. The number of nitrogens with zero attached hydrogens (tertiary/aromatic N) is 1. The molecule has 0 saturated heterocycles. The van der Waals surface area contributed by atoms with Crippen LogP contribution in [0.2, 0.25) is 0 Å². The number of hydrogen-bond donors (Lipinski definition) is 2. The first-order chi connectivity index (χ1) is 5.25. The fourth-order valence-electron chi connectivity index (χ4n) is 0.927. The van der Waals surface area contributed by atoms with E-state index in [1.165, 1.54) is 4.90 Å². The predicted molar refractivity (Wildman–Crippen MR) is 48.1 cm³/mol. The third-order valence-corrected chi connectivity index (χ3v) is 1.51. The van der Waals surface area contributed by atoms with E-state index >= 15 is 0 Å². The van der Waals surface area contributed by atoms with Gasteiger partial charge in [-0.15, -0.1) is 0 Å². The van der Waals surface area contributed by atoms with Gasteiger partial charge in [0.25, 0.3) is 0 Å². The van der Waals surface area contributed by atoms with Crippen LogP contribution in [0.4, 0.5) is 4.79 Å². The highest BCUT2D eigenvalue weighted by Crippen LogP contribution is 2.13. The molecule has 0 saturated carbocycles. The molecule has 0 aliphatic heterocycles. The standard InChI is InChI=1S/C8H18N2O2/c1-6(9)5-10(7(11)12)8(2,3)4/h6H,5,9H2,1-4H3,(H,11,12)/t6-/m1/s1. The van der Waals surface area contributed by atoms with Crippen LogP contribution in [0, 0.1) is 0 Å². The van der Waals surface area contributed by atoms with Crippen LogP contribution in [0.3, 0.4) is 0 Å². The molecule has 0 aromatic heterocycles. The van der Waals surface area contributed by atoms with E-state index in [-0.39, 0.29) is 11.6 Å². The van der Waals surface area contributed by atoms with Crippen molar-refractivity contribution in [1.29, 1.82) is 0 Å².